The minimum Gasteiger partial charge on any atom is -0.491 e. The van der Waals surface area contributed by atoms with Gasteiger partial charge < -0.3 is 20.7 Å². The third-order valence-electron chi connectivity index (χ3n) is 6.93. The molecule has 3 heterocycles. The Morgan fingerprint density at radius 1 is 1.26 bits per heavy atom. The SMILES string of the molecule is Nc1nc2c(c(-c3c(Cl)cc(Cl)cc3OCCn3cc(F)cn3)n1)CN(C(=O)NC13CC(C1)C3)C2. The lowest BCUT2D eigenvalue weighted by Crippen LogP contribution is -2.69. The number of ether oxygens (including phenoxy) is 1. The van der Waals surface area contributed by atoms with Crippen LogP contribution in [0.15, 0.2) is 24.5 Å². The molecule has 1 aromatic carbocycles. The first kappa shape index (κ1) is 22.4. The fraction of sp³-hybridized carbons (Fsp3) is 0.391. The lowest BCUT2D eigenvalue weighted by molar-refractivity contribution is -0.0434. The minimum absolute atomic E-state index is 0.0257. The van der Waals surface area contributed by atoms with Crippen molar-refractivity contribution in [2.75, 3.05) is 12.3 Å². The predicted molar refractivity (Wildman–Crippen MR) is 127 cm³/mol. The lowest BCUT2D eigenvalue weighted by atomic mass is 9.50. The molecule has 3 saturated carbocycles. The number of anilines is 1. The molecule has 0 atom stereocenters. The first-order chi connectivity index (χ1) is 16.8. The summed E-state index contributed by atoms with van der Waals surface area (Å²) in [7, 11) is 0. The zero-order valence-corrected chi connectivity index (χ0v) is 20.1. The Kier molecular flexibility index (Phi) is 5.26. The van der Waals surface area contributed by atoms with Crippen LogP contribution in [0.2, 0.25) is 10.0 Å². The van der Waals surface area contributed by atoms with Gasteiger partial charge in [-0.2, -0.15) is 5.10 Å². The quantitative estimate of drug-likeness (QED) is 0.510. The number of nitrogens with one attached hydrogen (secondary N) is 1. The van der Waals surface area contributed by atoms with Crippen LogP contribution in [0.1, 0.15) is 30.5 Å². The van der Waals surface area contributed by atoms with Gasteiger partial charge >= 0.3 is 6.03 Å². The summed E-state index contributed by atoms with van der Waals surface area (Å²) >= 11 is 12.9. The number of aromatic nitrogens is 4. The van der Waals surface area contributed by atoms with Crippen molar-refractivity contribution in [1.82, 2.24) is 30.0 Å². The van der Waals surface area contributed by atoms with Gasteiger partial charge in [-0.15, -0.1) is 0 Å². The maximum absolute atomic E-state index is 13.2. The summed E-state index contributed by atoms with van der Waals surface area (Å²) in [5.74, 6) is 0.809. The van der Waals surface area contributed by atoms with Crippen molar-refractivity contribution >= 4 is 35.2 Å². The number of hydrogen-bond acceptors (Lipinski definition) is 6. The van der Waals surface area contributed by atoms with E-state index in [1.807, 2.05) is 0 Å². The first-order valence-electron chi connectivity index (χ1n) is 11.3. The molecule has 1 aliphatic heterocycles. The minimum atomic E-state index is -0.425. The number of nitrogens with two attached hydrogens (primary N) is 1. The van der Waals surface area contributed by atoms with Crippen molar-refractivity contribution in [3.63, 3.8) is 0 Å². The molecule has 12 heteroatoms. The monoisotopic (exact) mass is 517 g/mol. The molecular formula is C23H22Cl2FN7O2. The number of nitrogen functional groups attached to an aromatic ring is 1. The summed E-state index contributed by atoms with van der Waals surface area (Å²) in [6, 6.07) is 3.12. The van der Waals surface area contributed by atoms with Crippen LogP contribution in [0.25, 0.3) is 11.3 Å². The van der Waals surface area contributed by atoms with E-state index >= 15 is 0 Å². The Morgan fingerprint density at radius 3 is 2.74 bits per heavy atom. The number of benzene rings is 1. The van der Waals surface area contributed by atoms with Crippen LogP contribution in [0.5, 0.6) is 5.75 Å². The Bertz CT molecular complexity index is 1330. The van der Waals surface area contributed by atoms with Crippen LogP contribution in [-0.2, 0) is 19.6 Å². The van der Waals surface area contributed by atoms with Gasteiger partial charge in [-0.1, -0.05) is 23.2 Å². The first-order valence-corrected chi connectivity index (χ1v) is 12.1. The fourth-order valence-corrected chi connectivity index (χ4v) is 5.73. The van der Waals surface area contributed by atoms with Gasteiger partial charge in [0.15, 0.2) is 5.82 Å². The van der Waals surface area contributed by atoms with Crippen LogP contribution in [0.3, 0.4) is 0 Å². The zero-order valence-electron chi connectivity index (χ0n) is 18.6. The summed E-state index contributed by atoms with van der Waals surface area (Å²) in [6.07, 6.45) is 5.58. The van der Waals surface area contributed by atoms with E-state index in [4.69, 9.17) is 33.7 Å². The van der Waals surface area contributed by atoms with Gasteiger partial charge in [0.1, 0.15) is 12.4 Å². The molecule has 0 saturated heterocycles. The van der Waals surface area contributed by atoms with Crippen molar-refractivity contribution in [3.05, 3.63) is 51.6 Å². The fourth-order valence-electron chi connectivity index (χ4n) is 5.17. The average Bonchev–Trinajstić information content (AvgIpc) is 3.35. The number of hydrogen-bond donors (Lipinski definition) is 2. The highest BCUT2D eigenvalue weighted by molar-refractivity contribution is 6.37. The number of halogens is 3. The van der Waals surface area contributed by atoms with E-state index in [1.54, 1.807) is 17.0 Å². The highest BCUT2D eigenvalue weighted by Gasteiger charge is 2.57. The summed E-state index contributed by atoms with van der Waals surface area (Å²) in [6.45, 7) is 1.15. The average molecular weight is 518 g/mol. The van der Waals surface area contributed by atoms with E-state index in [1.165, 1.54) is 10.9 Å². The van der Waals surface area contributed by atoms with Crippen molar-refractivity contribution in [2.45, 2.75) is 44.4 Å². The van der Waals surface area contributed by atoms with Crippen LogP contribution >= 0.6 is 23.2 Å². The number of carbonyl (C=O) groups excluding carboxylic acids is 1. The Hall–Kier alpha value is -3.11. The van der Waals surface area contributed by atoms with Crippen LogP contribution < -0.4 is 15.8 Å². The zero-order chi connectivity index (χ0) is 24.3. The van der Waals surface area contributed by atoms with Gasteiger partial charge in [-0.25, -0.2) is 19.2 Å². The second kappa shape index (κ2) is 8.23. The summed E-state index contributed by atoms with van der Waals surface area (Å²) < 4.78 is 20.6. The molecule has 9 nitrogen and oxygen atoms in total. The van der Waals surface area contributed by atoms with E-state index in [9.17, 15) is 9.18 Å². The third kappa shape index (κ3) is 4.04. The van der Waals surface area contributed by atoms with E-state index in [-0.39, 0.29) is 24.1 Å². The van der Waals surface area contributed by atoms with Gasteiger partial charge in [0.2, 0.25) is 5.95 Å². The Balaban J connectivity index is 1.28. The molecule has 2 aromatic heterocycles. The smallest absolute Gasteiger partial charge is 0.318 e. The second-order valence-corrected chi connectivity index (χ2v) is 10.3. The van der Waals surface area contributed by atoms with Gasteiger partial charge in [0.05, 0.1) is 54.0 Å². The molecule has 35 heavy (non-hydrogen) atoms. The summed E-state index contributed by atoms with van der Waals surface area (Å²) in [5, 5.41) is 7.82. The molecule has 182 valence electrons. The van der Waals surface area contributed by atoms with Crippen LogP contribution in [-0.4, -0.2) is 42.8 Å². The molecule has 3 aromatic rings. The topological polar surface area (TPSA) is 111 Å². The van der Waals surface area contributed by atoms with Crippen molar-refractivity contribution in [2.24, 2.45) is 5.92 Å². The Morgan fingerprint density at radius 2 is 2.06 bits per heavy atom. The number of carbonyl (C=O) groups is 1. The third-order valence-corrected chi connectivity index (χ3v) is 7.45. The summed E-state index contributed by atoms with van der Waals surface area (Å²) in [4.78, 5) is 23.5. The molecule has 2 amide bonds. The van der Waals surface area contributed by atoms with Gasteiger partial charge in [-0.05, 0) is 37.3 Å². The van der Waals surface area contributed by atoms with Gasteiger partial charge in [0.25, 0.3) is 0 Å². The maximum Gasteiger partial charge on any atom is 0.318 e. The number of fused-ring (bicyclic) bond motifs is 1. The van der Waals surface area contributed by atoms with Gasteiger partial charge in [0, 0.05) is 16.1 Å². The molecule has 3 fully saturated rings. The Labute approximate surface area is 210 Å². The lowest BCUT2D eigenvalue weighted by Gasteiger charge is -2.61. The number of urea groups is 1. The molecule has 0 spiro atoms. The van der Waals surface area contributed by atoms with E-state index in [0.717, 1.165) is 36.9 Å². The van der Waals surface area contributed by atoms with Gasteiger partial charge in [-0.3, -0.25) is 4.68 Å². The molecular weight excluding hydrogens is 496 g/mol. The molecule has 3 N–H and O–H groups in total. The molecule has 0 unspecified atom stereocenters. The maximum atomic E-state index is 13.2. The highest BCUT2D eigenvalue weighted by atomic mass is 35.5. The molecule has 2 bridgehead atoms. The van der Waals surface area contributed by atoms with Crippen molar-refractivity contribution in [1.29, 1.82) is 0 Å². The van der Waals surface area contributed by atoms with Crippen LogP contribution in [0.4, 0.5) is 15.1 Å². The van der Waals surface area contributed by atoms with Crippen molar-refractivity contribution in [3.8, 4) is 17.0 Å². The molecule has 7 rings (SSSR count). The number of rotatable bonds is 6. The van der Waals surface area contributed by atoms with E-state index < -0.39 is 5.82 Å². The normalized spacial score (nSPS) is 21.8. The predicted octanol–water partition coefficient (Wildman–Crippen LogP) is 4.02. The summed E-state index contributed by atoms with van der Waals surface area (Å²) in [5.41, 5.74) is 8.45. The van der Waals surface area contributed by atoms with E-state index in [0.29, 0.717) is 52.4 Å². The van der Waals surface area contributed by atoms with Crippen LogP contribution in [0, 0.1) is 11.7 Å². The van der Waals surface area contributed by atoms with Crippen molar-refractivity contribution < 1.29 is 13.9 Å². The number of nitrogens with zero attached hydrogens (tertiary/aromatic N) is 5. The molecule has 4 aliphatic rings. The largest absolute Gasteiger partial charge is 0.491 e. The second-order valence-electron chi connectivity index (χ2n) is 9.43. The standard InChI is InChI=1S/C23H22Cl2FN7O2/c24-13-3-16(25)19(18(4-13)35-2-1-33-9-14(26)8-28-33)20-15-10-32(11-17(15)29-21(27)30-20)22(34)31-23-5-12(6-23)7-23/h3-4,8-9,12H,1-2,5-7,10-11H2,(H,31,34)(H2,27,29,30). The highest BCUT2D eigenvalue weighted by Crippen LogP contribution is 2.57. The van der Waals surface area contributed by atoms with E-state index in [2.05, 4.69) is 20.4 Å². The number of amides is 2. The molecule has 0 radical (unpaired) electrons. The molecule has 3 aliphatic carbocycles.